The predicted molar refractivity (Wildman–Crippen MR) is 77.4 cm³/mol. The van der Waals surface area contributed by atoms with E-state index >= 15 is 0 Å². The molecule has 1 aliphatic heterocycles. The van der Waals surface area contributed by atoms with Crippen LogP contribution in [0.4, 0.5) is 0 Å². The van der Waals surface area contributed by atoms with Gasteiger partial charge in [0.1, 0.15) is 5.84 Å². The van der Waals surface area contributed by atoms with Crippen molar-refractivity contribution in [1.82, 2.24) is 9.62 Å². The van der Waals surface area contributed by atoms with Crippen LogP contribution in [0.5, 0.6) is 0 Å². The second-order valence-corrected chi connectivity index (χ2v) is 6.14. The number of amidine groups is 1. The summed E-state index contributed by atoms with van der Waals surface area (Å²) in [6.45, 7) is 4.72. The zero-order valence-corrected chi connectivity index (χ0v) is 12.2. The van der Waals surface area contributed by atoms with Gasteiger partial charge in [0.05, 0.1) is 18.0 Å². The van der Waals surface area contributed by atoms with Gasteiger partial charge in [-0.2, -0.15) is 0 Å². The number of fused-ring (bicyclic) bond motifs is 1. The van der Waals surface area contributed by atoms with E-state index in [0.29, 0.717) is 31.0 Å². The molecule has 2 N–H and O–H groups in total. The molecule has 6 nitrogen and oxygen atoms in total. The maximum absolute atomic E-state index is 11.9. The molecule has 0 bridgehead atoms. The molecule has 0 unspecified atom stereocenters. The molecule has 1 heterocycles. The van der Waals surface area contributed by atoms with E-state index in [9.17, 15) is 8.42 Å². The van der Waals surface area contributed by atoms with Gasteiger partial charge in [-0.1, -0.05) is 19.1 Å². The van der Waals surface area contributed by atoms with Crippen molar-refractivity contribution < 1.29 is 13.5 Å². The van der Waals surface area contributed by atoms with Crippen LogP contribution in [0.2, 0.25) is 0 Å². The predicted octanol–water partition coefficient (Wildman–Crippen LogP) is 0.0393. The van der Waals surface area contributed by atoms with E-state index < -0.39 is 10.0 Å². The number of aliphatic hydroxyl groups excluding tert-OH is 1. The number of nitrogens with one attached hydrogen (secondary N) is 1. The summed E-state index contributed by atoms with van der Waals surface area (Å²) in [7, 11) is -3.46. The molecule has 0 saturated carbocycles. The molecule has 110 valence electrons. The fraction of sp³-hybridized carbons (Fsp3) is 0.462. The standard InChI is InChI=1S/C13H19N3O3S/c1-2-16(9-10-17)8-7-14-13-11-5-3-4-6-12(11)20(18,19)15-13/h3-6,17H,2,7-10H2,1H3,(H,14,15). The number of aliphatic imine (C=N–C) groups is 1. The van der Waals surface area contributed by atoms with Crippen LogP contribution in [-0.4, -0.2) is 57.0 Å². The fourth-order valence-electron chi connectivity index (χ4n) is 2.12. The van der Waals surface area contributed by atoms with Crippen molar-refractivity contribution >= 4 is 15.9 Å². The third kappa shape index (κ3) is 3.17. The number of aliphatic hydroxyl groups is 1. The normalized spacial score (nSPS) is 18.2. The van der Waals surface area contributed by atoms with E-state index in [1.807, 2.05) is 6.92 Å². The number of sulfonamides is 1. The molecule has 0 fully saturated rings. The number of rotatable bonds is 6. The van der Waals surface area contributed by atoms with Gasteiger partial charge in [-0.05, 0) is 18.7 Å². The van der Waals surface area contributed by atoms with Crippen molar-refractivity contribution in [2.75, 3.05) is 32.8 Å². The minimum absolute atomic E-state index is 0.111. The van der Waals surface area contributed by atoms with E-state index in [1.54, 1.807) is 24.3 Å². The first-order chi connectivity index (χ1) is 9.58. The lowest BCUT2D eigenvalue weighted by Crippen LogP contribution is -2.30. The Labute approximate surface area is 119 Å². The lowest BCUT2D eigenvalue weighted by molar-refractivity contribution is 0.205. The smallest absolute Gasteiger partial charge is 0.263 e. The molecule has 1 aromatic rings. The van der Waals surface area contributed by atoms with Crippen LogP contribution >= 0.6 is 0 Å². The highest BCUT2D eigenvalue weighted by atomic mass is 32.2. The largest absolute Gasteiger partial charge is 0.395 e. The molecule has 0 amide bonds. The van der Waals surface area contributed by atoms with Crippen molar-refractivity contribution in [2.24, 2.45) is 4.99 Å². The van der Waals surface area contributed by atoms with Crippen molar-refractivity contribution in [3.05, 3.63) is 29.8 Å². The Hall–Kier alpha value is -1.44. The molecule has 1 aliphatic rings. The van der Waals surface area contributed by atoms with Gasteiger partial charge in [0.25, 0.3) is 10.0 Å². The van der Waals surface area contributed by atoms with Gasteiger partial charge in [-0.3, -0.25) is 14.6 Å². The van der Waals surface area contributed by atoms with E-state index in [-0.39, 0.29) is 11.5 Å². The minimum Gasteiger partial charge on any atom is -0.395 e. The summed E-state index contributed by atoms with van der Waals surface area (Å²) in [6.07, 6.45) is 0. The third-order valence-corrected chi connectivity index (χ3v) is 4.61. The molecule has 0 aromatic heterocycles. The lowest BCUT2D eigenvalue weighted by atomic mass is 10.2. The van der Waals surface area contributed by atoms with Crippen molar-refractivity contribution in [2.45, 2.75) is 11.8 Å². The Kier molecular flexibility index (Phi) is 4.74. The van der Waals surface area contributed by atoms with E-state index in [4.69, 9.17) is 5.11 Å². The highest BCUT2D eigenvalue weighted by Crippen LogP contribution is 2.21. The number of hydrogen-bond donors (Lipinski definition) is 2. The SMILES string of the molecule is CCN(CCO)CCN=C1NS(=O)(=O)c2ccccc21. The summed E-state index contributed by atoms with van der Waals surface area (Å²) in [5.74, 6) is 0.403. The molecule has 0 saturated heterocycles. The van der Waals surface area contributed by atoms with Crippen LogP contribution in [0.3, 0.4) is 0 Å². The molecule has 20 heavy (non-hydrogen) atoms. The first-order valence-electron chi connectivity index (χ1n) is 6.58. The molecular formula is C13H19N3O3S. The fourth-order valence-corrected chi connectivity index (χ4v) is 3.37. The second kappa shape index (κ2) is 6.34. The van der Waals surface area contributed by atoms with Gasteiger partial charge in [-0.15, -0.1) is 0 Å². The maximum atomic E-state index is 11.9. The number of nitrogens with zero attached hydrogens (tertiary/aromatic N) is 2. The van der Waals surface area contributed by atoms with Gasteiger partial charge < -0.3 is 5.11 Å². The summed E-state index contributed by atoms with van der Waals surface area (Å²) in [6, 6.07) is 6.81. The van der Waals surface area contributed by atoms with Crippen LogP contribution in [0, 0.1) is 0 Å². The Bertz CT molecular complexity index is 599. The summed E-state index contributed by atoms with van der Waals surface area (Å²) in [5.41, 5.74) is 0.623. The zero-order chi connectivity index (χ0) is 14.6. The highest BCUT2D eigenvalue weighted by molar-refractivity contribution is 7.90. The van der Waals surface area contributed by atoms with Crippen LogP contribution in [0.25, 0.3) is 0 Å². The summed E-state index contributed by atoms with van der Waals surface area (Å²) in [4.78, 5) is 6.67. The maximum Gasteiger partial charge on any atom is 0.263 e. The van der Waals surface area contributed by atoms with Crippen LogP contribution < -0.4 is 4.72 Å². The molecular weight excluding hydrogens is 278 g/mol. The van der Waals surface area contributed by atoms with E-state index in [2.05, 4.69) is 14.6 Å². The molecule has 0 atom stereocenters. The molecule has 0 aliphatic carbocycles. The van der Waals surface area contributed by atoms with E-state index in [0.717, 1.165) is 6.54 Å². The number of hydrogen-bond acceptors (Lipinski definition) is 5. The topological polar surface area (TPSA) is 82.0 Å². The Morgan fingerprint density at radius 1 is 1.30 bits per heavy atom. The van der Waals surface area contributed by atoms with Crippen molar-refractivity contribution in [3.8, 4) is 0 Å². The highest BCUT2D eigenvalue weighted by Gasteiger charge is 2.29. The zero-order valence-electron chi connectivity index (χ0n) is 11.4. The Balaban J connectivity index is 2.09. The van der Waals surface area contributed by atoms with Crippen LogP contribution in [-0.2, 0) is 10.0 Å². The van der Waals surface area contributed by atoms with Crippen molar-refractivity contribution in [1.29, 1.82) is 0 Å². The summed E-state index contributed by atoms with van der Waals surface area (Å²) >= 11 is 0. The van der Waals surface area contributed by atoms with Crippen LogP contribution in [0.1, 0.15) is 12.5 Å². The minimum atomic E-state index is -3.46. The average molecular weight is 297 g/mol. The summed E-state index contributed by atoms with van der Waals surface area (Å²) in [5, 5.41) is 8.91. The Morgan fingerprint density at radius 2 is 2.05 bits per heavy atom. The molecule has 2 rings (SSSR count). The third-order valence-electron chi connectivity index (χ3n) is 3.21. The second-order valence-electron chi connectivity index (χ2n) is 4.49. The van der Waals surface area contributed by atoms with Crippen LogP contribution in [0.15, 0.2) is 34.2 Å². The molecule has 0 radical (unpaired) electrons. The molecule has 1 aromatic carbocycles. The first kappa shape index (κ1) is 15.0. The van der Waals surface area contributed by atoms with Gasteiger partial charge in [0.2, 0.25) is 0 Å². The van der Waals surface area contributed by atoms with Gasteiger partial charge >= 0.3 is 0 Å². The van der Waals surface area contributed by atoms with E-state index in [1.165, 1.54) is 0 Å². The molecule has 7 heteroatoms. The van der Waals surface area contributed by atoms with Crippen molar-refractivity contribution in [3.63, 3.8) is 0 Å². The summed E-state index contributed by atoms with van der Waals surface area (Å²) < 4.78 is 26.2. The van der Waals surface area contributed by atoms with Gasteiger partial charge in [-0.25, -0.2) is 8.42 Å². The molecule has 0 spiro atoms. The van der Waals surface area contributed by atoms with Gasteiger partial charge in [0.15, 0.2) is 0 Å². The number of likely N-dealkylation sites (N-methyl/N-ethyl adjacent to an activating group) is 1. The monoisotopic (exact) mass is 297 g/mol. The number of benzene rings is 1. The van der Waals surface area contributed by atoms with Gasteiger partial charge in [0, 0.05) is 18.7 Å². The average Bonchev–Trinajstić information content (AvgIpc) is 2.70. The lowest BCUT2D eigenvalue weighted by Gasteiger charge is -2.17. The first-order valence-corrected chi connectivity index (χ1v) is 8.06. The quantitative estimate of drug-likeness (QED) is 0.777. The Morgan fingerprint density at radius 3 is 2.75 bits per heavy atom.